The van der Waals surface area contributed by atoms with Gasteiger partial charge in [-0.25, -0.2) is 0 Å². The molecule has 2 aliphatic rings. The highest BCUT2D eigenvalue weighted by Crippen LogP contribution is 2.27. The Balaban J connectivity index is 1.12. The number of nitrogen functional groups attached to an aromatic ring is 1. The Bertz CT molecular complexity index is 825. The number of hydrogen-bond donors (Lipinski definition) is 3. The van der Waals surface area contributed by atoms with E-state index >= 15 is 0 Å². The molecule has 9 nitrogen and oxygen atoms in total. The summed E-state index contributed by atoms with van der Waals surface area (Å²) in [6.45, 7) is 5.61. The zero-order valence-corrected chi connectivity index (χ0v) is 20.0. The molecule has 1 aliphatic heterocycles. The maximum absolute atomic E-state index is 6.02. The van der Waals surface area contributed by atoms with E-state index in [0.717, 1.165) is 56.6 Å². The minimum absolute atomic E-state index is 0.489. The van der Waals surface area contributed by atoms with Crippen molar-refractivity contribution in [3.63, 3.8) is 0 Å². The van der Waals surface area contributed by atoms with Crippen LogP contribution in [0, 0.1) is 5.92 Å². The fourth-order valence-electron chi connectivity index (χ4n) is 5.00. The monoisotopic (exact) mass is 455 g/mol. The highest BCUT2D eigenvalue weighted by Gasteiger charge is 2.14. The van der Waals surface area contributed by atoms with Crippen molar-refractivity contribution in [2.75, 3.05) is 42.1 Å². The first-order chi connectivity index (χ1) is 16.3. The predicted molar refractivity (Wildman–Crippen MR) is 133 cm³/mol. The Morgan fingerprint density at radius 2 is 1.76 bits per heavy atom. The van der Waals surface area contributed by atoms with E-state index in [0.29, 0.717) is 18.3 Å². The Morgan fingerprint density at radius 3 is 2.61 bits per heavy atom. The van der Waals surface area contributed by atoms with Gasteiger partial charge in [0.05, 0.1) is 12.7 Å². The van der Waals surface area contributed by atoms with Gasteiger partial charge in [0.1, 0.15) is 17.3 Å². The van der Waals surface area contributed by atoms with Crippen LogP contribution in [0.5, 0.6) is 0 Å². The van der Waals surface area contributed by atoms with Crippen molar-refractivity contribution in [2.24, 2.45) is 5.92 Å². The molecule has 3 heterocycles. The molecule has 4 rings (SSSR count). The number of nitrogens with one attached hydrogen (secondary N) is 2. The van der Waals surface area contributed by atoms with E-state index in [1.165, 1.54) is 64.2 Å². The molecule has 1 saturated heterocycles. The molecule has 0 radical (unpaired) electrons. The number of rotatable bonds is 12. The van der Waals surface area contributed by atoms with Crippen LogP contribution in [0.15, 0.2) is 12.3 Å². The van der Waals surface area contributed by atoms with Crippen molar-refractivity contribution in [1.82, 2.24) is 30.3 Å². The lowest BCUT2D eigenvalue weighted by molar-refractivity contribution is 0.330. The molecular formula is C24H41N9. The molecule has 182 valence electrons. The number of aryl methyl sites for hydroxylation is 1. The first-order valence-electron chi connectivity index (χ1n) is 13.0. The van der Waals surface area contributed by atoms with Crippen LogP contribution in [-0.2, 0) is 13.1 Å². The third kappa shape index (κ3) is 7.84. The van der Waals surface area contributed by atoms with Gasteiger partial charge in [0.15, 0.2) is 0 Å². The van der Waals surface area contributed by atoms with E-state index in [9.17, 15) is 0 Å². The van der Waals surface area contributed by atoms with E-state index in [-0.39, 0.29) is 0 Å². The predicted octanol–water partition coefficient (Wildman–Crippen LogP) is 3.59. The summed E-state index contributed by atoms with van der Waals surface area (Å²) in [6.07, 6.45) is 16.7. The molecule has 2 aromatic heterocycles. The molecule has 1 saturated carbocycles. The van der Waals surface area contributed by atoms with Crippen LogP contribution >= 0.6 is 0 Å². The Hall–Kier alpha value is -2.42. The summed E-state index contributed by atoms with van der Waals surface area (Å²) in [4.78, 5) is 11.3. The van der Waals surface area contributed by atoms with E-state index < -0.39 is 0 Å². The molecule has 0 amide bonds. The topological polar surface area (TPSA) is 110 Å². The highest BCUT2D eigenvalue weighted by atomic mass is 15.4. The van der Waals surface area contributed by atoms with Gasteiger partial charge in [0.25, 0.3) is 0 Å². The van der Waals surface area contributed by atoms with Gasteiger partial charge in [-0.15, -0.1) is 5.10 Å². The zero-order chi connectivity index (χ0) is 22.7. The average Bonchev–Trinajstić information content (AvgIpc) is 3.31. The van der Waals surface area contributed by atoms with Crippen LogP contribution in [0.4, 0.5) is 17.6 Å². The first-order valence-corrected chi connectivity index (χ1v) is 13.0. The average molecular weight is 456 g/mol. The fraction of sp³-hybridized carbons (Fsp3) is 0.750. The molecule has 1 aliphatic carbocycles. The number of aromatic nitrogens is 5. The molecule has 0 bridgehead atoms. The SMILES string of the molecule is Nc1cc(N2CCCCC2)nc(NCc2cn(CCCNCCCC3CCCCC3)nn2)n1. The second-order valence-corrected chi connectivity index (χ2v) is 9.60. The standard InChI is InChI=1S/C24H41N9/c25-22-17-23(32-14-5-2-6-15-32)29-24(28-22)27-18-21-19-33(31-30-21)16-8-13-26-12-7-11-20-9-3-1-4-10-20/h17,19-20,26H,1-16,18H2,(H3,25,27,28,29). The molecule has 9 heteroatoms. The molecule has 0 unspecified atom stereocenters. The maximum Gasteiger partial charge on any atom is 0.226 e. The quantitative estimate of drug-likeness (QED) is 0.417. The Labute approximate surface area is 197 Å². The Morgan fingerprint density at radius 1 is 0.970 bits per heavy atom. The summed E-state index contributed by atoms with van der Waals surface area (Å²) in [5, 5.41) is 15.4. The number of nitrogens with zero attached hydrogens (tertiary/aromatic N) is 6. The number of anilines is 3. The first kappa shape index (κ1) is 23.7. The normalized spacial score (nSPS) is 17.4. The van der Waals surface area contributed by atoms with Crippen LogP contribution in [0.2, 0.25) is 0 Å². The van der Waals surface area contributed by atoms with E-state index in [4.69, 9.17) is 5.73 Å². The van der Waals surface area contributed by atoms with Gasteiger partial charge in [0, 0.05) is 25.7 Å². The van der Waals surface area contributed by atoms with Crippen molar-refractivity contribution in [2.45, 2.75) is 83.7 Å². The number of hydrogen-bond acceptors (Lipinski definition) is 8. The van der Waals surface area contributed by atoms with Crippen molar-refractivity contribution in [3.8, 4) is 0 Å². The van der Waals surface area contributed by atoms with Gasteiger partial charge in [0.2, 0.25) is 5.95 Å². The lowest BCUT2D eigenvalue weighted by atomic mass is 9.86. The minimum atomic E-state index is 0.489. The van der Waals surface area contributed by atoms with Gasteiger partial charge >= 0.3 is 0 Å². The number of nitrogens with two attached hydrogens (primary N) is 1. The lowest BCUT2D eigenvalue weighted by Crippen LogP contribution is -2.30. The molecule has 2 aromatic rings. The maximum atomic E-state index is 6.02. The summed E-state index contributed by atoms with van der Waals surface area (Å²) in [5.41, 5.74) is 6.90. The third-order valence-electron chi connectivity index (χ3n) is 6.86. The number of piperidine rings is 1. The van der Waals surface area contributed by atoms with E-state index in [1.54, 1.807) is 0 Å². The lowest BCUT2D eigenvalue weighted by Gasteiger charge is -2.28. The van der Waals surface area contributed by atoms with E-state index in [1.807, 2.05) is 16.9 Å². The van der Waals surface area contributed by atoms with Gasteiger partial charge < -0.3 is 21.3 Å². The van der Waals surface area contributed by atoms with Gasteiger partial charge in [-0.05, 0) is 57.5 Å². The summed E-state index contributed by atoms with van der Waals surface area (Å²) < 4.78 is 1.92. The van der Waals surface area contributed by atoms with Gasteiger partial charge in [-0.1, -0.05) is 37.3 Å². The largest absolute Gasteiger partial charge is 0.383 e. The van der Waals surface area contributed by atoms with Crippen LogP contribution in [-0.4, -0.2) is 51.1 Å². The van der Waals surface area contributed by atoms with Gasteiger partial charge in [-0.2, -0.15) is 9.97 Å². The molecule has 2 fully saturated rings. The van der Waals surface area contributed by atoms with Gasteiger partial charge in [-0.3, -0.25) is 4.68 Å². The van der Waals surface area contributed by atoms with Crippen molar-refractivity contribution >= 4 is 17.6 Å². The summed E-state index contributed by atoms with van der Waals surface area (Å²) >= 11 is 0. The second-order valence-electron chi connectivity index (χ2n) is 9.60. The molecular weight excluding hydrogens is 414 g/mol. The van der Waals surface area contributed by atoms with Crippen LogP contribution in [0.25, 0.3) is 0 Å². The molecule has 0 atom stereocenters. The fourth-order valence-corrected chi connectivity index (χ4v) is 5.00. The van der Waals surface area contributed by atoms with E-state index in [2.05, 4.69) is 35.8 Å². The zero-order valence-electron chi connectivity index (χ0n) is 20.0. The van der Waals surface area contributed by atoms with Crippen LogP contribution < -0.4 is 21.3 Å². The van der Waals surface area contributed by atoms with Crippen molar-refractivity contribution in [1.29, 1.82) is 0 Å². The molecule has 0 spiro atoms. The highest BCUT2D eigenvalue weighted by molar-refractivity contribution is 5.51. The second kappa shape index (κ2) is 12.7. The molecule has 4 N–H and O–H groups in total. The minimum Gasteiger partial charge on any atom is -0.383 e. The van der Waals surface area contributed by atoms with Crippen molar-refractivity contribution in [3.05, 3.63) is 18.0 Å². The molecule has 33 heavy (non-hydrogen) atoms. The van der Waals surface area contributed by atoms with Crippen molar-refractivity contribution < 1.29 is 0 Å². The third-order valence-corrected chi connectivity index (χ3v) is 6.86. The summed E-state index contributed by atoms with van der Waals surface area (Å²) in [7, 11) is 0. The smallest absolute Gasteiger partial charge is 0.226 e. The molecule has 0 aromatic carbocycles. The van der Waals surface area contributed by atoms with Crippen LogP contribution in [0.1, 0.15) is 76.3 Å². The summed E-state index contributed by atoms with van der Waals surface area (Å²) in [5.74, 6) is 2.92. The Kier molecular flexibility index (Phi) is 9.15. The summed E-state index contributed by atoms with van der Waals surface area (Å²) in [6, 6.07) is 1.86. The van der Waals surface area contributed by atoms with Crippen LogP contribution in [0.3, 0.4) is 0 Å².